The van der Waals surface area contributed by atoms with Gasteiger partial charge in [-0.1, -0.05) is 19.1 Å². The van der Waals surface area contributed by atoms with E-state index in [0.717, 1.165) is 25.4 Å². The van der Waals surface area contributed by atoms with Crippen LogP contribution in [0.1, 0.15) is 26.0 Å². The van der Waals surface area contributed by atoms with Crippen LogP contribution in [-0.4, -0.2) is 40.3 Å². The lowest BCUT2D eigenvalue weighted by Crippen LogP contribution is -2.49. The van der Waals surface area contributed by atoms with Crippen molar-refractivity contribution in [2.24, 2.45) is 5.73 Å². The molecule has 2 atom stereocenters. The zero-order valence-corrected chi connectivity index (χ0v) is 11.5. The van der Waals surface area contributed by atoms with E-state index in [-0.39, 0.29) is 11.1 Å². The van der Waals surface area contributed by atoms with Gasteiger partial charge in [0.05, 0.1) is 31.1 Å². The first-order valence-corrected chi connectivity index (χ1v) is 6.52. The van der Waals surface area contributed by atoms with Crippen molar-refractivity contribution in [2.75, 3.05) is 18.1 Å². The highest BCUT2D eigenvalue weighted by atomic mass is 32.1. The van der Waals surface area contributed by atoms with Gasteiger partial charge in [0, 0.05) is 6.54 Å². The summed E-state index contributed by atoms with van der Waals surface area (Å²) in [7, 11) is 0. The van der Waals surface area contributed by atoms with Crippen molar-refractivity contribution in [3.8, 4) is 0 Å². The lowest BCUT2D eigenvalue weighted by molar-refractivity contribution is 0.0296. The number of hydrogen-bond acceptors (Lipinski definition) is 5. The highest BCUT2D eigenvalue weighted by Gasteiger charge is 2.26. The Hall–Kier alpha value is -1.27. The molecule has 6 heteroatoms. The molecule has 0 aliphatic carbocycles. The van der Waals surface area contributed by atoms with Crippen molar-refractivity contribution in [2.45, 2.75) is 32.4 Å². The summed E-state index contributed by atoms with van der Waals surface area (Å²) in [5.41, 5.74) is 6.07. The summed E-state index contributed by atoms with van der Waals surface area (Å²) >= 11 is 4.87. The zero-order valence-electron chi connectivity index (χ0n) is 10.7. The van der Waals surface area contributed by atoms with Crippen LogP contribution in [0.25, 0.3) is 0 Å². The molecule has 2 unspecified atom stereocenters. The van der Waals surface area contributed by atoms with Gasteiger partial charge < -0.3 is 15.4 Å². The fourth-order valence-corrected chi connectivity index (χ4v) is 2.17. The topological polar surface area (TPSA) is 64.3 Å². The number of nitrogens with zero attached hydrogens (tertiary/aromatic N) is 3. The minimum Gasteiger partial charge on any atom is -0.388 e. The normalized spacial score (nSPS) is 24.0. The van der Waals surface area contributed by atoms with Gasteiger partial charge in [0.1, 0.15) is 16.5 Å². The molecule has 0 amide bonds. The van der Waals surface area contributed by atoms with Crippen molar-refractivity contribution in [3.05, 3.63) is 18.1 Å². The molecule has 0 bridgehead atoms. The van der Waals surface area contributed by atoms with E-state index in [1.807, 2.05) is 0 Å². The van der Waals surface area contributed by atoms with Crippen LogP contribution in [-0.2, 0) is 4.74 Å². The Morgan fingerprint density at radius 3 is 2.89 bits per heavy atom. The second kappa shape index (κ2) is 5.58. The number of thiocarbonyl (C=S) groups is 1. The summed E-state index contributed by atoms with van der Waals surface area (Å²) in [4.78, 5) is 11.1. The summed E-state index contributed by atoms with van der Waals surface area (Å²) < 4.78 is 5.66. The Morgan fingerprint density at radius 1 is 1.56 bits per heavy atom. The Kier molecular flexibility index (Phi) is 4.08. The van der Waals surface area contributed by atoms with Gasteiger partial charge in [-0.2, -0.15) is 0 Å². The van der Waals surface area contributed by atoms with Gasteiger partial charge in [-0.05, 0) is 13.3 Å². The first-order valence-electron chi connectivity index (χ1n) is 6.12. The maximum Gasteiger partial charge on any atom is 0.147 e. The Bertz CT molecular complexity index is 423. The molecule has 2 N–H and O–H groups in total. The minimum absolute atomic E-state index is 0.213. The third-order valence-electron chi connectivity index (χ3n) is 3.12. The van der Waals surface area contributed by atoms with E-state index in [1.54, 1.807) is 12.4 Å². The van der Waals surface area contributed by atoms with E-state index < -0.39 is 0 Å². The lowest BCUT2D eigenvalue weighted by Gasteiger charge is -2.38. The lowest BCUT2D eigenvalue weighted by atomic mass is 10.1. The first kappa shape index (κ1) is 13.2. The second-order valence-electron chi connectivity index (χ2n) is 4.48. The molecule has 0 saturated carbocycles. The summed E-state index contributed by atoms with van der Waals surface area (Å²) in [6.45, 7) is 5.78. The van der Waals surface area contributed by atoms with Crippen molar-refractivity contribution in [3.63, 3.8) is 0 Å². The fraction of sp³-hybridized carbons (Fsp3) is 0.583. The first-order chi connectivity index (χ1) is 8.61. The quantitative estimate of drug-likeness (QED) is 0.827. The van der Waals surface area contributed by atoms with Crippen molar-refractivity contribution in [1.82, 2.24) is 9.97 Å². The standard InChI is InChI=1S/C12H18N4OS/c1-3-9-7-17-8(2)6-16(9)11-5-14-10(4-15-11)12(13)18/h4-5,8-9H,3,6-7H2,1-2H3,(H2,13,18). The molecule has 1 fully saturated rings. The molecule has 2 heterocycles. The third kappa shape index (κ3) is 2.76. The van der Waals surface area contributed by atoms with Gasteiger partial charge in [0.2, 0.25) is 0 Å². The van der Waals surface area contributed by atoms with E-state index in [9.17, 15) is 0 Å². The van der Waals surface area contributed by atoms with Crippen LogP contribution in [0.2, 0.25) is 0 Å². The van der Waals surface area contributed by atoms with Crippen LogP contribution >= 0.6 is 12.2 Å². The molecule has 0 radical (unpaired) electrons. The van der Waals surface area contributed by atoms with Gasteiger partial charge in [-0.25, -0.2) is 9.97 Å². The number of anilines is 1. The van der Waals surface area contributed by atoms with Crippen LogP contribution in [0.5, 0.6) is 0 Å². The predicted molar refractivity (Wildman–Crippen MR) is 74.8 cm³/mol. The number of aromatic nitrogens is 2. The molecule has 0 spiro atoms. The van der Waals surface area contributed by atoms with E-state index >= 15 is 0 Å². The highest BCUT2D eigenvalue weighted by molar-refractivity contribution is 7.80. The third-order valence-corrected chi connectivity index (χ3v) is 3.33. The number of ether oxygens (including phenoxy) is 1. The molecular weight excluding hydrogens is 248 g/mol. The molecule has 2 rings (SSSR count). The average molecular weight is 266 g/mol. The van der Waals surface area contributed by atoms with Gasteiger partial charge >= 0.3 is 0 Å². The molecule has 1 aliphatic rings. The van der Waals surface area contributed by atoms with E-state index in [1.165, 1.54) is 0 Å². The van der Waals surface area contributed by atoms with E-state index in [0.29, 0.717) is 11.7 Å². The Labute approximate surface area is 112 Å². The molecule has 98 valence electrons. The SMILES string of the molecule is CCC1COC(C)CN1c1cnc(C(N)=S)cn1. The van der Waals surface area contributed by atoms with Crippen LogP contribution in [0.15, 0.2) is 12.4 Å². The second-order valence-corrected chi connectivity index (χ2v) is 4.92. The van der Waals surface area contributed by atoms with Crippen LogP contribution in [0, 0.1) is 0 Å². The number of morpholine rings is 1. The maximum absolute atomic E-state index is 5.66. The van der Waals surface area contributed by atoms with Gasteiger partial charge in [0.15, 0.2) is 0 Å². The number of nitrogens with two attached hydrogens (primary N) is 1. The summed E-state index contributed by atoms with van der Waals surface area (Å²) in [5, 5.41) is 0. The Morgan fingerprint density at radius 2 is 2.33 bits per heavy atom. The van der Waals surface area contributed by atoms with Gasteiger partial charge in [-0.15, -0.1) is 0 Å². The average Bonchev–Trinajstić information content (AvgIpc) is 2.39. The Balaban J connectivity index is 2.20. The smallest absolute Gasteiger partial charge is 0.147 e. The summed E-state index contributed by atoms with van der Waals surface area (Å²) in [6.07, 6.45) is 4.59. The molecule has 1 aromatic heterocycles. The molecule has 5 nitrogen and oxygen atoms in total. The van der Waals surface area contributed by atoms with Gasteiger partial charge in [-0.3, -0.25) is 0 Å². The molecule has 1 aromatic rings. The van der Waals surface area contributed by atoms with Crippen LogP contribution in [0.3, 0.4) is 0 Å². The van der Waals surface area contributed by atoms with Gasteiger partial charge in [0.25, 0.3) is 0 Å². The summed E-state index contributed by atoms with van der Waals surface area (Å²) in [6, 6.07) is 0.353. The predicted octanol–water partition coefficient (Wildman–Crippen LogP) is 1.11. The summed E-state index contributed by atoms with van der Waals surface area (Å²) in [5.74, 6) is 0.858. The molecular formula is C12H18N4OS. The largest absolute Gasteiger partial charge is 0.388 e. The van der Waals surface area contributed by atoms with Crippen molar-refractivity contribution >= 4 is 23.0 Å². The maximum atomic E-state index is 5.66. The zero-order chi connectivity index (χ0) is 13.1. The highest BCUT2D eigenvalue weighted by Crippen LogP contribution is 2.20. The van der Waals surface area contributed by atoms with E-state index in [2.05, 4.69) is 28.7 Å². The number of hydrogen-bond donors (Lipinski definition) is 1. The number of rotatable bonds is 3. The van der Waals surface area contributed by atoms with Crippen molar-refractivity contribution < 1.29 is 4.74 Å². The fourth-order valence-electron chi connectivity index (χ4n) is 2.06. The monoisotopic (exact) mass is 266 g/mol. The molecule has 18 heavy (non-hydrogen) atoms. The van der Waals surface area contributed by atoms with Crippen LogP contribution < -0.4 is 10.6 Å². The molecule has 1 aliphatic heterocycles. The molecule has 1 saturated heterocycles. The molecule has 0 aromatic carbocycles. The van der Waals surface area contributed by atoms with Crippen molar-refractivity contribution in [1.29, 1.82) is 0 Å². The minimum atomic E-state index is 0.213. The van der Waals surface area contributed by atoms with Crippen LogP contribution in [0.4, 0.5) is 5.82 Å². The van der Waals surface area contributed by atoms with E-state index in [4.69, 9.17) is 22.7 Å².